The molecule has 0 aromatic rings. The molecule has 0 saturated heterocycles. The van der Waals surface area contributed by atoms with Crippen molar-refractivity contribution in [1.29, 1.82) is 0 Å². The number of unbranched alkanes of at least 4 members (excludes halogenated alkanes) is 2. The summed E-state index contributed by atoms with van der Waals surface area (Å²) in [6.45, 7) is 2.28. The fourth-order valence-electron chi connectivity index (χ4n) is 3.30. The molecule has 2 rings (SSSR count). The van der Waals surface area contributed by atoms with Gasteiger partial charge in [-0.2, -0.15) is 0 Å². The highest BCUT2D eigenvalue weighted by Crippen LogP contribution is 2.33. The molecule has 19 heavy (non-hydrogen) atoms. The predicted molar refractivity (Wildman–Crippen MR) is 82.1 cm³/mol. The molecule has 0 bridgehead atoms. The van der Waals surface area contributed by atoms with Crippen LogP contribution in [0, 0.1) is 11.8 Å². The lowest BCUT2D eigenvalue weighted by molar-refractivity contribution is 0.289. The average molecular weight is 260 g/mol. The molecular weight excluding hydrogens is 232 g/mol. The first-order chi connectivity index (χ1) is 9.28. The minimum absolute atomic E-state index is 0.414. The van der Waals surface area contributed by atoms with Crippen LogP contribution in [0.1, 0.15) is 64.7 Å². The van der Waals surface area contributed by atoms with Crippen LogP contribution in [0.4, 0.5) is 0 Å². The summed E-state index contributed by atoms with van der Waals surface area (Å²) in [7, 11) is 0. The van der Waals surface area contributed by atoms with Gasteiger partial charge in [0.2, 0.25) is 0 Å². The third kappa shape index (κ3) is 4.89. The van der Waals surface area contributed by atoms with E-state index in [1.54, 1.807) is 0 Å². The Balaban J connectivity index is 1.72. The van der Waals surface area contributed by atoms with Crippen LogP contribution in [0.3, 0.4) is 0 Å². The van der Waals surface area contributed by atoms with Crippen molar-refractivity contribution in [2.24, 2.45) is 11.8 Å². The Bertz CT molecular complexity index is 354. The van der Waals surface area contributed by atoms with E-state index in [4.69, 9.17) is 0 Å². The van der Waals surface area contributed by atoms with Gasteiger partial charge in [0.25, 0.3) is 0 Å². The number of allylic oxidation sites excluding steroid dienone is 5. The maximum atomic E-state index is 9.32. The van der Waals surface area contributed by atoms with Gasteiger partial charge in [0, 0.05) is 0 Å². The van der Waals surface area contributed by atoms with E-state index in [1.807, 2.05) is 12.2 Å². The molecule has 2 aliphatic rings. The first-order valence-corrected chi connectivity index (χ1v) is 8.06. The van der Waals surface area contributed by atoms with Gasteiger partial charge in [0.15, 0.2) is 0 Å². The van der Waals surface area contributed by atoms with Crippen molar-refractivity contribution in [3.63, 3.8) is 0 Å². The minimum Gasteiger partial charge on any atom is -0.508 e. The van der Waals surface area contributed by atoms with E-state index < -0.39 is 0 Å². The molecule has 0 heterocycles. The van der Waals surface area contributed by atoms with E-state index in [2.05, 4.69) is 19.1 Å². The number of rotatable bonds is 5. The minimum atomic E-state index is 0.414. The van der Waals surface area contributed by atoms with Gasteiger partial charge in [0.05, 0.1) is 0 Å². The largest absolute Gasteiger partial charge is 0.508 e. The van der Waals surface area contributed by atoms with Crippen LogP contribution in [0.2, 0.25) is 0 Å². The Kier molecular flexibility index (Phi) is 5.75. The molecule has 0 spiro atoms. The lowest BCUT2D eigenvalue weighted by atomic mass is 9.79. The summed E-state index contributed by atoms with van der Waals surface area (Å²) < 4.78 is 0. The monoisotopic (exact) mass is 260 g/mol. The van der Waals surface area contributed by atoms with E-state index in [1.165, 1.54) is 56.9 Å². The van der Waals surface area contributed by atoms with E-state index in [9.17, 15) is 5.11 Å². The van der Waals surface area contributed by atoms with E-state index >= 15 is 0 Å². The maximum absolute atomic E-state index is 9.32. The molecule has 1 heteroatoms. The fourth-order valence-corrected chi connectivity index (χ4v) is 3.30. The third-order valence-corrected chi connectivity index (χ3v) is 4.57. The molecule has 1 N–H and O–H groups in total. The predicted octanol–water partition coefficient (Wildman–Crippen LogP) is 5.70. The molecule has 1 saturated carbocycles. The molecule has 0 amide bonds. The molecule has 0 atom stereocenters. The second-order valence-corrected chi connectivity index (χ2v) is 6.18. The van der Waals surface area contributed by atoms with Crippen LogP contribution >= 0.6 is 0 Å². The topological polar surface area (TPSA) is 20.2 Å². The lowest BCUT2D eigenvalue weighted by Crippen LogP contribution is -2.13. The van der Waals surface area contributed by atoms with Gasteiger partial charge < -0.3 is 5.11 Å². The van der Waals surface area contributed by atoms with E-state index in [0.29, 0.717) is 5.76 Å². The van der Waals surface area contributed by atoms with Crippen molar-refractivity contribution in [3.05, 3.63) is 35.6 Å². The summed E-state index contributed by atoms with van der Waals surface area (Å²) in [6.07, 6.45) is 20.3. The summed E-state index contributed by atoms with van der Waals surface area (Å²) in [6, 6.07) is 0. The molecule has 106 valence electrons. The van der Waals surface area contributed by atoms with Crippen LogP contribution in [-0.2, 0) is 0 Å². The smallest absolute Gasteiger partial charge is 0.111 e. The molecule has 0 aromatic carbocycles. The third-order valence-electron chi connectivity index (χ3n) is 4.57. The number of aliphatic hydroxyl groups excluding tert-OH is 1. The van der Waals surface area contributed by atoms with Crippen LogP contribution < -0.4 is 0 Å². The van der Waals surface area contributed by atoms with Crippen LogP contribution in [0.5, 0.6) is 0 Å². The van der Waals surface area contributed by atoms with Crippen molar-refractivity contribution >= 4 is 0 Å². The molecule has 0 aliphatic heterocycles. The zero-order chi connectivity index (χ0) is 13.5. The first kappa shape index (κ1) is 14.4. The van der Waals surface area contributed by atoms with Gasteiger partial charge in [0.1, 0.15) is 5.76 Å². The Morgan fingerprint density at radius 1 is 1.16 bits per heavy atom. The molecule has 0 unspecified atom stereocenters. The molecule has 1 fully saturated rings. The summed E-state index contributed by atoms with van der Waals surface area (Å²) in [5.74, 6) is 2.18. The average Bonchev–Trinajstić information content (AvgIpc) is 2.44. The van der Waals surface area contributed by atoms with Crippen molar-refractivity contribution in [1.82, 2.24) is 0 Å². The summed E-state index contributed by atoms with van der Waals surface area (Å²) in [5, 5.41) is 9.32. The van der Waals surface area contributed by atoms with Crippen molar-refractivity contribution in [2.45, 2.75) is 64.7 Å². The molecule has 0 radical (unpaired) electrons. The Hall–Kier alpha value is -0.980. The summed E-state index contributed by atoms with van der Waals surface area (Å²) >= 11 is 0. The van der Waals surface area contributed by atoms with E-state index in [-0.39, 0.29) is 0 Å². The number of hydrogen-bond acceptors (Lipinski definition) is 1. The van der Waals surface area contributed by atoms with Gasteiger partial charge in [-0.3, -0.25) is 0 Å². The Labute approximate surface area is 118 Å². The number of aliphatic hydroxyl groups is 1. The molecular formula is C18H28O. The van der Waals surface area contributed by atoms with Crippen molar-refractivity contribution in [3.8, 4) is 0 Å². The van der Waals surface area contributed by atoms with Gasteiger partial charge in [-0.25, -0.2) is 0 Å². The number of hydrogen-bond donors (Lipinski definition) is 1. The van der Waals surface area contributed by atoms with Crippen LogP contribution in [0.25, 0.3) is 0 Å². The standard InChI is InChI=1S/C18H28O/c1-2-3-4-5-15-6-8-16(9-7-15)14-17-10-12-18(19)13-11-17/h10,12-16,19H,2-9,11H2,1H3/t15-,16-. The summed E-state index contributed by atoms with van der Waals surface area (Å²) in [5.41, 5.74) is 1.38. The van der Waals surface area contributed by atoms with Gasteiger partial charge in [-0.1, -0.05) is 44.8 Å². The quantitative estimate of drug-likeness (QED) is 0.628. The highest BCUT2D eigenvalue weighted by molar-refractivity contribution is 5.32. The Morgan fingerprint density at radius 3 is 2.58 bits per heavy atom. The molecule has 1 nitrogen and oxygen atoms in total. The van der Waals surface area contributed by atoms with Gasteiger partial charge in [-0.05, 0) is 61.7 Å². The SMILES string of the molecule is CCCCC[C@H]1CC[C@H](C=C2C=CC(O)=CC2)CC1. The van der Waals surface area contributed by atoms with Crippen LogP contribution in [0.15, 0.2) is 35.6 Å². The highest BCUT2D eigenvalue weighted by Gasteiger charge is 2.19. The zero-order valence-electron chi connectivity index (χ0n) is 12.3. The molecule has 0 aromatic heterocycles. The van der Waals surface area contributed by atoms with Crippen LogP contribution in [-0.4, -0.2) is 5.11 Å². The second-order valence-electron chi connectivity index (χ2n) is 6.18. The molecule has 2 aliphatic carbocycles. The highest BCUT2D eigenvalue weighted by atomic mass is 16.3. The fraction of sp³-hybridized carbons (Fsp3) is 0.667. The van der Waals surface area contributed by atoms with Crippen molar-refractivity contribution < 1.29 is 5.11 Å². The van der Waals surface area contributed by atoms with Gasteiger partial charge in [-0.15, -0.1) is 0 Å². The second kappa shape index (κ2) is 7.57. The zero-order valence-corrected chi connectivity index (χ0v) is 12.3. The normalized spacial score (nSPS) is 29.5. The lowest BCUT2D eigenvalue weighted by Gasteiger charge is -2.27. The maximum Gasteiger partial charge on any atom is 0.111 e. The van der Waals surface area contributed by atoms with Crippen molar-refractivity contribution in [2.75, 3.05) is 0 Å². The Morgan fingerprint density at radius 2 is 1.95 bits per heavy atom. The van der Waals surface area contributed by atoms with Gasteiger partial charge >= 0.3 is 0 Å². The summed E-state index contributed by atoms with van der Waals surface area (Å²) in [4.78, 5) is 0. The van der Waals surface area contributed by atoms with E-state index in [0.717, 1.165) is 18.3 Å². The first-order valence-electron chi connectivity index (χ1n) is 8.06.